The molecule has 0 fully saturated rings. The first-order chi connectivity index (χ1) is 19.0. The van der Waals surface area contributed by atoms with E-state index in [1.807, 2.05) is 60.7 Å². The fourth-order valence-electron chi connectivity index (χ4n) is 4.32. The molecule has 6 nitrogen and oxygen atoms in total. The molecule has 0 saturated heterocycles. The maximum atomic E-state index is 14.3. The number of para-hydroxylation sites is 1. The Morgan fingerprint density at radius 3 is 2.49 bits per heavy atom. The third-order valence-electron chi connectivity index (χ3n) is 6.38. The molecule has 6 aromatic rings. The smallest absolute Gasteiger partial charge is 0.229 e. The lowest BCUT2D eigenvalue weighted by atomic mass is 10.1. The van der Waals surface area contributed by atoms with Gasteiger partial charge in [0.25, 0.3) is 0 Å². The van der Waals surface area contributed by atoms with Crippen molar-refractivity contribution in [3.05, 3.63) is 125 Å². The molecule has 3 heterocycles. The average Bonchev–Trinajstić information content (AvgIpc) is 2.96. The average molecular weight is 522 g/mol. The van der Waals surface area contributed by atoms with Gasteiger partial charge in [-0.25, -0.2) is 18.7 Å². The number of hydrogen-bond donors (Lipinski definition) is 0. The van der Waals surface area contributed by atoms with Gasteiger partial charge in [0.05, 0.1) is 22.3 Å². The highest BCUT2D eigenvalue weighted by Gasteiger charge is 2.19. The molecular formula is C31H21F2N3O3. The summed E-state index contributed by atoms with van der Waals surface area (Å²) in [6.07, 6.45) is 2.77. The van der Waals surface area contributed by atoms with E-state index in [-0.39, 0.29) is 23.8 Å². The predicted molar refractivity (Wildman–Crippen MR) is 143 cm³/mol. The SMILES string of the molecule is Cc1c(Oc2nc3ccccc3cc2-c2cc(OCc3ccccc3)c3c[n+]([O-])ccc3n2)ccc(F)c1F. The fourth-order valence-corrected chi connectivity index (χ4v) is 4.32. The highest BCUT2D eigenvalue weighted by atomic mass is 19.2. The van der Waals surface area contributed by atoms with Gasteiger partial charge < -0.3 is 14.7 Å². The second-order valence-electron chi connectivity index (χ2n) is 9.00. The number of benzene rings is 3. The molecule has 0 aliphatic rings. The molecule has 6 rings (SSSR count). The molecule has 0 amide bonds. The van der Waals surface area contributed by atoms with Crippen LogP contribution in [-0.4, -0.2) is 9.97 Å². The highest BCUT2D eigenvalue weighted by molar-refractivity contribution is 5.90. The van der Waals surface area contributed by atoms with Crippen molar-refractivity contribution in [1.29, 1.82) is 0 Å². The van der Waals surface area contributed by atoms with Crippen LogP contribution in [0.2, 0.25) is 0 Å². The number of ether oxygens (including phenoxy) is 2. The van der Waals surface area contributed by atoms with E-state index in [0.29, 0.717) is 38.2 Å². The molecule has 0 bridgehead atoms. The molecular weight excluding hydrogens is 500 g/mol. The van der Waals surface area contributed by atoms with Gasteiger partial charge in [-0.15, -0.1) is 0 Å². The summed E-state index contributed by atoms with van der Waals surface area (Å²) < 4.78 is 41.0. The maximum Gasteiger partial charge on any atom is 0.229 e. The zero-order chi connectivity index (χ0) is 26.9. The summed E-state index contributed by atoms with van der Waals surface area (Å²) in [5, 5.41) is 13.5. The number of fused-ring (bicyclic) bond motifs is 2. The van der Waals surface area contributed by atoms with Gasteiger partial charge in [-0.3, -0.25) is 0 Å². The number of halogens is 2. The number of hydrogen-bond acceptors (Lipinski definition) is 5. The summed E-state index contributed by atoms with van der Waals surface area (Å²) in [6.45, 7) is 1.72. The number of nitrogens with zero attached hydrogens (tertiary/aromatic N) is 3. The largest absolute Gasteiger partial charge is 0.619 e. The zero-order valence-corrected chi connectivity index (χ0v) is 20.8. The van der Waals surface area contributed by atoms with Crippen LogP contribution in [-0.2, 0) is 6.61 Å². The minimum Gasteiger partial charge on any atom is -0.619 e. The topological polar surface area (TPSA) is 71.2 Å². The van der Waals surface area contributed by atoms with Gasteiger partial charge in [-0.05, 0) is 36.8 Å². The molecule has 0 aliphatic carbocycles. The van der Waals surface area contributed by atoms with Gasteiger partial charge in [0.15, 0.2) is 24.0 Å². The van der Waals surface area contributed by atoms with Gasteiger partial charge in [-0.2, -0.15) is 4.73 Å². The Balaban J connectivity index is 1.51. The minimum absolute atomic E-state index is 0.0225. The van der Waals surface area contributed by atoms with Crippen molar-refractivity contribution in [2.24, 2.45) is 0 Å². The molecule has 39 heavy (non-hydrogen) atoms. The van der Waals surface area contributed by atoms with Crippen LogP contribution in [0.4, 0.5) is 8.78 Å². The van der Waals surface area contributed by atoms with E-state index in [1.54, 1.807) is 12.1 Å². The van der Waals surface area contributed by atoms with Crippen molar-refractivity contribution in [1.82, 2.24) is 9.97 Å². The third kappa shape index (κ3) is 4.80. The zero-order valence-electron chi connectivity index (χ0n) is 20.8. The van der Waals surface area contributed by atoms with Crippen LogP contribution in [0.25, 0.3) is 33.1 Å². The summed E-state index contributed by atoms with van der Waals surface area (Å²) in [4.78, 5) is 9.46. The molecule has 0 saturated carbocycles. The van der Waals surface area contributed by atoms with Crippen LogP contribution in [0.5, 0.6) is 17.4 Å². The van der Waals surface area contributed by atoms with Crippen molar-refractivity contribution in [2.75, 3.05) is 0 Å². The van der Waals surface area contributed by atoms with Crippen molar-refractivity contribution in [3.63, 3.8) is 0 Å². The summed E-state index contributed by atoms with van der Waals surface area (Å²) in [5.41, 5.74) is 3.16. The lowest BCUT2D eigenvalue weighted by Crippen LogP contribution is -2.24. The van der Waals surface area contributed by atoms with Gasteiger partial charge in [0.1, 0.15) is 23.5 Å². The Kier molecular flexibility index (Phi) is 6.20. The highest BCUT2D eigenvalue weighted by Crippen LogP contribution is 2.38. The lowest BCUT2D eigenvalue weighted by Gasteiger charge is -2.15. The van der Waals surface area contributed by atoms with E-state index in [9.17, 15) is 14.0 Å². The molecule has 192 valence electrons. The quantitative estimate of drug-likeness (QED) is 0.174. The van der Waals surface area contributed by atoms with Gasteiger partial charge in [-0.1, -0.05) is 48.5 Å². The van der Waals surface area contributed by atoms with Crippen LogP contribution in [0.3, 0.4) is 0 Å². The van der Waals surface area contributed by atoms with E-state index in [1.165, 1.54) is 25.4 Å². The van der Waals surface area contributed by atoms with Gasteiger partial charge >= 0.3 is 0 Å². The normalized spacial score (nSPS) is 11.2. The first-order valence-corrected chi connectivity index (χ1v) is 12.2. The number of aromatic nitrogens is 3. The van der Waals surface area contributed by atoms with E-state index in [2.05, 4.69) is 4.98 Å². The molecule has 0 atom stereocenters. The Morgan fingerprint density at radius 2 is 1.64 bits per heavy atom. The Hall–Kier alpha value is -5.11. The molecule has 0 radical (unpaired) electrons. The minimum atomic E-state index is -0.985. The molecule has 3 aromatic carbocycles. The van der Waals surface area contributed by atoms with E-state index in [0.717, 1.165) is 17.0 Å². The predicted octanol–water partition coefficient (Wildman–Crippen LogP) is 7.04. The van der Waals surface area contributed by atoms with Crippen molar-refractivity contribution >= 4 is 21.8 Å². The molecule has 0 N–H and O–H groups in total. The van der Waals surface area contributed by atoms with E-state index >= 15 is 0 Å². The van der Waals surface area contributed by atoms with Crippen molar-refractivity contribution < 1.29 is 23.0 Å². The van der Waals surface area contributed by atoms with Gasteiger partial charge in [0.2, 0.25) is 5.88 Å². The summed E-state index contributed by atoms with van der Waals surface area (Å²) in [7, 11) is 0. The van der Waals surface area contributed by atoms with E-state index < -0.39 is 11.6 Å². The molecule has 0 aliphatic heterocycles. The second kappa shape index (κ2) is 9.98. The first-order valence-electron chi connectivity index (χ1n) is 12.2. The monoisotopic (exact) mass is 521 g/mol. The summed E-state index contributed by atoms with van der Waals surface area (Å²) in [6, 6.07) is 24.7. The first kappa shape index (κ1) is 24.2. The van der Waals surface area contributed by atoms with Crippen LogP contribution in [0.15, 0.2) is 97.3 Å². The molecule has 8 heteroatoms. The standard InChI is InChI=1S/C31H21F2N3O3/c1-19-28(12-11-24(32)30(19)33)39-31-22(15-21-9-5-6-10-25(21)35-31)27-16-29(38-18-20-7-3-2-4-8-20)23-17-36(37)14-13-26(23)34-27/h2-17H,18H2,1H3. The van der Waals surface area contributed by atoms with Gasteiger partial charge in [0, 0.05) is 23.1 Å². The third-order valence-corrected chi connectivity index (χ3v) is 6.38. The maximum absolute atomic E-state index is 14.3. The second-order valence-corrected chi connectivity index (χ2v) is 9.00. The molecule has 0 unspecified atom stereocenters. The van der Waals surface area contributed by atoms with Crippen LogP contribution < -0.4 is 14.2 Å². The van der Waals surface area contributed by atoms with Crippen LogP contribution in [0.1, 0.15) is 11.1 Å². The Labute approximate surface area is 222 Å². The Bertz CT molecular complexity index is 1850. The number of rotatable bonds is 6. The fraction of sp³-hybridized carbons (Fsp3) is 0.0645. The Morgan fingerprint density at radius 1 is 0.846 bits per heavy atom. The van der Waals surface area contributed by atoms with Crippen LogP contribution >= 0.6 is 0 Å². The number of pyridine rings is 3. The summed E-state index contributed by atoms with van der Waals surface area (Å²) >= 11 is 0. The lowest BCUT2D eigenvalue weighted by molar-refractivity contribution is -0.603. The van der Waals surface area contributed by atoms with Crippen molar-refractivity contribution in [2.45, 2.75) is 13.5 Å². The van der Waals surface area contributed by atoms with Crippen LogP contribution in [0, 0.1) is 23.8 Å². The van der Waals surface area contributed by atoms with E-state index in [4.69, 9.17) is 14.5 Å². The summed E-state index contributed by atoms with van der Waals surface area (Å²) in [5.74, 6) is -1.20. The van der Waals surface area contributed by atoms with Crippen molar-refractivity contribution in [3.8, 4) is 28.6 Å². The molecule has 0 spiro atoms. The molecule has 3 aromatic heterocycles.